The van der Waals surface area contributed by atoms with Crippen LogP contribution in [-0.2, 0) is 65.4 Å². The maximum atomic E-state index is 13.0. The topological polar surface area (TPSA) is 237 Å². The van der Waals surface area contributed by atoms with Crippen LogP contribution in [0.4, 0.5) is 0 Å². The predicted molar refractivity (Wildman–Crippen MR) is 354 cm³/mol. The molecule has 0 heterocycles. The fourth-order valence-corrected chi connectivity index (χ4v) is 11.9. The van der Waals surface area contributed by atoms with Crippen molar-refractivity contribution in [2.24, 2.45) is 23.7 Å². The minimum absolute atomic E-state index is 0.101. The third-order valence-corrected chi connectivity index (χ3v) is 18.1. The van der Waals surface area contributed by atoms with E-state index in [0.717, 1.165) is 114 Å². The molecule has 0 aromatic rings. The number of ether oxygens (including phenoxy) is 4. The Kier molecular flexibility index (Phi) is 57.6. The monoisotopic (exact) mass is 1300 g/mol. The Morgan fingerprint density at radius 1 is 0.318 bits per heavy atom. The van der Waals surface area contributed by atoms with Crippen molar-refractivity contribution >= 4 is 39.5 Å². The maximum absolute atomic E-state index is 13.0. The van der Waals surface area contributed by atoms with E-state index in [2.05, 4.69) is 55.4 Å². The molecule has 6 atom stereocenters. The Balaban J connectivity index is 5.18. The molecule has 88 heavy (non-hydrogen) atoms. The van der Waals surface area contributed by atoms with E-state index in [4.69, 9.17) is 37.0 Å². The van der Waals surface area contributed by atoms with Gasteiger partial charge in [-0.1, -0.05) is 287 Å². The summed E-state index contributed by atoms with van der Waals surface area (Å²) in [7, 11) is -9.90. The second-order valence-corrected chi connectivity index (χ2v) is 29.5. The highest BCUT2D eigenvalue weighted by Gasteiger charge is 2.30. The largest absolute Gasteiger partial charge is 0.472 e. The average molecular weight is 1300 g/mol. The van der Waals surface area contributed by atoms with Crippen LogP contribution in [0.2, 0.25) is 0 Å². The first-order valence-corrected chi connectivity index (χ1v) is 38.7. The molecule has 0 rings (SSSR count). The molecule has 17 nitrogen and oxygen atoms in total. The first kappa shape index (κ1) is 86.1. The number of phosphoric ester groups is 2. The molecule has 522 valence electrons. The predicted octanol–water partition coefficient (Wildman–Crippen LogP) is 19.3. The third-order valence-electron chi connectivity index (χ3n) is 16.2. The lowest BCUT2D eigenvalue weighted by atomic mass is 10.00. The number of aliphatic hydroxyl groups is 1. The number of phosphoric acid groups is 2. The molecule has 0 fully saturated rings. The van der Waals surface area contributed by atoms with Gasteiger partial charge in [0.15, 0.2) is 12.2 Å². The molecule has 19 heteroatoms. The van der Waals surface area contributed by atoms with Gasteiger partial charge >= 0.3 is 39.5 Å². The molecule has 0 aliphatic heterocycles. The summed E-state index contributed by atoms with van der Waals surface area (Å²) in [5.41, 5.74) is 0. The Morgan fingerprint density at radius 3 is 0.807 bits per heavy atom. The first-order chi connectivity index (χ1) is 42.1. The van der Waals surface area contributed by atoms with Gasteiger partial charge in [0.2, 0.25) is 0 Å². The van der Waals surface area contributed by atoms with E-state index in [-0.39, 0.29) is 25.7 Å². The van der Waals surface area contributed by atoms with Gasteiger partial charge in [-0.25, -0.2) is 9.13 Å². The van der Waals surface area contributed by atoms with E-state index in [1.54, 1.807) is 0 Å². The lowest BCUT2D eigenvalue weighted by Gasteiger charge is -2.21. The first-order valence-electron chi connectivity index (χ1n) is 35.7. The van der Waals surface area contributed by atoms with Crippen LogP contribution >= 0.6 is 15.6 Å². The fraction of sp³-hybridized carbons (Fsp3) is 0.942. The van der Waals surface area contributed by atoms with Crippen molar-refractivity contribution in [2.45, 2.75) is 356 Å². The molecule has 0 aliphatic rings. The summed E-state index contributed by atoms with van der Waals surface area (Å²) < 4.78 is 68.1. The summed E-state index contributed by atoms with van der Waals surface area (Å²) in [5.74, 6) is 0.787. The number of esters is 4. The van der Waals surface area contributed by atoms with Crippen LogP contribution in [0, 0.1) is 23.7 Å². The summed E-state index contributed by atoms with van der Waals surface area (Å²) >= 11 is 0. The molecule has 0 amide bonds. The van der Waals surface area contributed by atoms with Gasteiger partial charge in [-0.3, -0.25) is 37.3 Å². The summed E-state index contributed by atoms with van der Waals surface area (Å²) in [6, 6.07) is 0. The molecule has 0 aliphatic carbocycles. The van der Waals surface area contributed by atoms with Gasteiger partial charge in [0.1, 0.15) is 19.3 Å². The SMILES string of the molecule is CCC(C)CCCCCCCCC(=O)OC[C@H](COP(=O)(O)OC[C@H](O)COP(=O)(O)OC[C@@H](COC(=O)CCCCCCCCCCCCCCCCCC(C)C)OC(=O)CCCCCCCCCCC(C)C)OC(=O)CCCCCCCCC(C)C. The van der Waals surface area contributed by atoms with Gasteiger partial charge in [-0.2, -0.15) is 0 Å². The van der Waals surface area contributed by atoms with Gasteiger partial charge < -0.3 is 33.8 Å². The van der Waals surface area contributed by atoms with Crippen LogP contribution < -0.4 is 0 Å². The zero-order chi connectivity index (χ0) is 65.4. The zero-order valence-electron chi connectivity index (χ0n) is 57.3. The van der Waals surface area contributed by atoms with Crippen LogP contribution in [0.15, 0.2) is 0 Å². The van der Waals surface area contributed by atoms with Gasteiger partial charge in [-0.15, -0.1) is 0 Å². The number of rotatable bonds is 66. The lowest BCUT2D eigenvalue weighted by Crippen LogP contribution is -2.30. The molecule has 3 unspecified atom stereocenters. The van der Waals surface area contributed by atoms with Crippen LogP contribution in [0.5, 0.6) is 0 Å². The van der Waals surface area contributed by atoms with Gasteiger partial charge in [0.25, 0.3) is 0 Å². The number of carbonyl (C=O) groups excluding carboxylic acids is 4. The minimum Gasteiger partial charge on any atom is -0.462 e. The Bertz CT molecular complexity index is 1750. The number of hydrogen-bond acceptors (Lipinski definition) is 15. The second-order valence-electron chi connectivity index (χ2n) is 26.6. The van der Waals surface area contributed by atoms with Crippen molar-refractivity contribution in [1.29, 1.82) is 0 Å². The molecule has 0 radical (unpaired) electrons. The molecule has 0 saturated heterocycles. The van der Waals surface area contributed by atoms with Crippen LogP contribution in [0.3, 0.4) is 0 Å². The second kappa shape index (κ2) is 58.8. The Morgan fingerprint density at radius 2 is 0.545 bits per heavy atom. The quantitative estimate of drug-likeness (QED) is 0.0222. The minimum atomic E-state index is -4.95. The normalized spacial score (nSPS) is 14.6. The summed E-state index contributed by atoms with van der Waals surface area (Å²) in [6.45, 7) is 14.0. The molecule has 0 aromatic heterocycles. The number of hydrogen-bond donors (Lipinski definition) is 3. The maximum Gasteiger partial charge on any atom is 0.472 e. The van der Waals surface area contributed by atoms with E-state index in [9.17, 15) is 43.2 Å². The highest BCUT2D eigenvalue weighted by atomic mass is 31.2. The molecule has 0 bridgehead atoms. The van der Waals surface area contributed by atoms with Gasteiger partial charge in [0.05, 0.1) is 26.4 Å². The summed E-state index contributed by atoms with van der Waals surface area (Å²) in [4.78, 5) is 72.4. The lowest BCUT2D eigenvalue weighted by molar-refractivity contribution is -0.161. The molecule has 3 N–H and O–H groups in total. The Hall–Kier alpha value is -1.94. The van der Waals surface area contributed by atoms with Gasteiger partial charge in [0, 0.05) is 25.7 Å². The van der Waals surface area contributed by atoms with Crippen LogP contribution in [0.25, 0.3) is 0 Å². The molecule has 0 aromatic carbocycles. The number of unbranched alkanes of at least 4 members (excludes halogenated alkanes) is 31. The van der Waals surface area contributed by atoms with Gasteiger partial charge in [-0.05, 0) is 49.4 Å². The van der Waals surface area contributed by atoms with Crippen molar-refractivity contribution in [3.63, 3.8) is 0 Å². The Labute approximate surface area is 537 Å². The van der Waals surface area contributed by atoms with Crippen molar-refractivity contribution in [3.05, 3.63) is 0 Å². The molecular weight excluding hydrogens is 1160 g/mol. The standard InChI is InChI=1S/C69H134O17P2/c1-9-62(8)48-40-32-26-28-34-42-50-67(72)80-56-65(86-69(74)52-44-36-27-25-31-39-47-61(6)7)58-84-88(77,78)82-54-63(70)53-81-87(75,76)83-57-64(85-68(73)51-43-35-24-20-19-22-30-38-46-60(4)5)55-79-66(71)49-41-33-23-18-16-14-12-10-11-13-15-17-21-29-37-45-59(2)3/h59-65,70H,9-58H2,1-8H3,(H,75,76)(H,77,78)/t62?,63-,64-,65-/m1/s1. The summed E-state index contributed by atoms with van der Waals surface area (Å²) in [6.07, 6.45) is 40.7. The third kappa shape index (κ3) is 61.6. The summed E-state index contributed by atoms with van der Waals surface area (Å²) in [5, 5.41) is 10.6. The number of aliphatic hydroxyl groups excluding tert-OH is 1. The van der Waals surface area contributed by atoms with Crippen molar-refractivity contribution in [2.75, 3.05) is 39.6 Å². The molecular formula is C69H134O17P2. The van der Waals surface area contributed by atoms with E-state index in [0.29, 0.717) is 31.6 Å². The van der Waals surface area contributed by atoms with Crippen molar-refractivity contribution in [1.82, 2.24) is 0 Å². The molecule has 0 saturated carbocycles. The smallest absolute Gasteiger partial charge is 0.462 e. The van der Waals surface area contributed by atoms with Crippen LogP contribution in [0.1, 0.15) is 338 Å². The highest BCUT2D eigenvalue weighted by Crippen LogP contribution is 2.45. The fourth-order valence-electron chi connectivity index (χ4n) is 10.3. The number of carbonyl (C=O) groups is 4. The van der Waals surface area contributed by atoms with Crippen molar-refractivity contribution < 1.29 is 80.2 Å². The highest BCUT2D eigenvalue weighted by molar-refractivity contribution is 7.47. The van der Waals surface area contributed by atoms with E-state index < -0.39 is 97.5 Å². The van der Waals surface area contributed by atoms with Crippen LogP contribution in [-0.4, -0.2) is 96.7 Å². The zero-order valence-corrected chi connectivity index (χ0v) is 59.1. The van der Waals surface area contributed by atoms with Crippen molar-refractivity contribution in [3.8, 4) is 0 Å². The average Bonchev–Trinajstić information content (AvgIpc) is 3.58. The van der Waals surface area contributed by atoms with E-state index in [1.807, 2.05) is 0 Å². The van der Waals surface area contributed by atoms with E-state index in [1.165, 1.54) is 135 Å². The van der Waals surface area contributed by atoms with E-state index >= 15 is 0 Å². The molecule has 0 spiro atoms.